The Morgan fingerprint density at radius 1 is 1.03 bits per heavy atom. The smallest absolute Gasteiger partial charge is 0.270 e. The molecule has 8 heteroatoms. The molecule has 2 aromatic carbocycles. The molecule has 7 nitrogen and oxygen atoms in total. The molecule has 1 saturated carbocycles. The van der Waals surface area contributed by atoms with Gasteiger partial charge in [0.2, 0.25) is 0 Å². The number of allylic oxidation sites excluding steroid dienone is 1. The van der Waals surface area contributed by atoms with Gasteiger partial charge >= 0.3 is 0 Å². The number of amides is 1. The average molecular weight is 471 g/mol. The fourth-order valence-corrected chi connectivity index (χ4v) is 6.37. The van der Waals surface area contributed by atoms with Gasteiger partial charge in [0.05, 0.1) is 26.5 Å². The van der Waals surface area contributed by atoms with E-state index < -0.39 is 15.9 Å². The minimum Gasteiger partial charge on any atom is -0.493 e. The molecule has 0 aromatic heterocycles. The van der Waals surface area contributed by atoms with Gasteiger partial charge in [0, 0.05) is 17.7 Å². The Morgan fingerprint density at radius 2 is 1.67 bits per heavy atom. The zero-order valence-corrected chi connectivity index (χ0v) is 20.1. The van der Waals surface area contributed by atoms with Gasteiger partial charge in [-0.15, -0.1) is 0 Å². The number of rotatable bonds is 6. The molecule has 4 rings (SSSR count). The summed E-state index contributed by atoms with van der Waals surface area (Å²) in [5.74, 6) is 0.354. The van der Waals surface area contributed by atoms with E-state index in [1.165, 1.54) is 18.5 Å². The Balaban J connectivity index is 1.84. The first-order valence-corrected chi connectivity index (χ1v) is 12.7. The molecule has 1 amide bonds. The minimum absolute atomic E-state index is 0.00359. The molecule has 176 valence electrons. The van der Waals surface area contributed by atoms with E-state index in [9.17, 15) is 13.2 Å². The van der Waals surface area contributed by atoms with Crippen molar-refractivity contribution in [1.82, 2.24) is 5.32 Å². The second kappa shape index (κ2) is 9.47. The van der Waals surface area contributed by atoms with E-state index in [0.29, 0.717) is 28.3 Å². The molecular formula is C25H30N2O5S. The molecule has 1 N–H and O–H groups in total. The molecule has 1 aliphatic carbocycles. The summed E-state index contributed by atoms with van der Waals surface area (Å²) >= 11 is 0. The number of benzene rings is 2. The molecule has 0 unspecified atom stereocenters. The molecule has 2 aromatic rings. The lowest BCUT2D eigenvalue weighted by Crippen LogP contribution is -2.44. The average Bonchev–Trinajstić information content (AvgIpc) is 2.82. The Morgan fingerprint density at radius 3 is 2.30 bits per heavy atom. The van der Waals surface area contributed by atoms with Gasteiger partial charge in [0.15, 0.2) is 16.4 Å². The van der Waals surface area contributed by atoms with Gasteiger partial charge in [-0.1, -0.05) is 49.6 Å². The van der Waals surface area contributed by atoms with Gasteiger partial charge in [-0.25, -0.2) is 8.42 Å². The molecule has 0 spiro atoms. The first-order chi connectivity index (χ1) is 15.9. The summed E-state index contributed by atoms with van der Waals surface area (Å²) in [6, 6.07) is 12.7. The number of nitrogens with one attached hydrogen (secondary N) is 1. The predicted molar refractivity (Wildman–Crippen MR) is 129 cm³/mol. The van der Waals surface area contributed by atoms with E-state index in [4.69, 9.17) is 9.47 Å². The lowest BCUT2D eigenvalue weighted by molar-refractivity contribution is -0.117. The molecule has 1 aliphatic heterocycles. The van der Waals surface area contributed by atoms with Crippen molar-refractivity contribution in [1.29, 1.82) is 0 Å². The van der Waals surface area contributed by atoms with Gasteiger partial charge in [0.1, 0.15) is 0 Å². The lowest BCUT2D eigenvalue weighted by Gasteiger charge is -2.34. The third-order valence-corrected chi connectivity index (χ3v) is 8.29. The highest BCUT2D eigenvalue weighted by Crippen LogP contribution is 2.45. The second-order valence-electron chi connectivity index (χ2n) is 8.48. The highest BCUT2D eigenvalue weighted by Gasteiger charge is 2.41. The van der Waals surface area contributed by atoms with Crippen LogP contribution in [-0.2, 0) is 21.4 Å². The van der Waals surface area contributed by atoms with Gasteiger partial charge in [-0.2, -0.15) is 0 Å². The van der Waals surface area contributed by atoms with Crippen molar-refractivity contribution in [2.24, 2.45) is 0 Å². The number of hydrogen-bond acceptors (Lipinski definition) is 5. The molecule has 1 fully saturated rings. The van der Waals surface area contributed by atoms with E-state index in [0.717, 1.165) is 37.7 Å². The van der Waals surface area contributed by atoms with Crippen molar-refractivity contribution in [3.05, 3.63) is 58.5 Å². The molecule has 0 bridgehead atoms. The van der Waals surface area contributed by atoms with Gasteiger partial charge in [-0.3, -0.25) is 9.10 Å². The number of methoxy groups -OCH3 is 2. The minimum atomic E-state index is -4.12. The van der Waals surface area contributed by atoms with Crippen LogP contribution in [-0.4, -0.2) is 34.6 Å². The SMILES string of the molecule is COc1cc2c(cc1OC)N(Cc1ccccc1)S(=O)(=O)C(C(=O)NC1CCCCC1)=C2C. The highest BCUT2D eigenvalue weighted by atomic mass is 32.2. The third kappa shape index (κ3) is 4.44. The summed E-state index contributed by atoms with van der Waals surface area (Å²) in [4.78, 5) is 13.1. The quantitative estimate of drug-likeness (QED) is 0.683. The van der Waals surface area contributed by atoms with Crippen molar-refractivity contribution >= 4 is 27.2 Å². The molecule has 33 heavy (non-hydrogen) atoms. The number of carbonyl (C=O) groups is 1. The molecule has 0 saturated heterocycles. The maximum atomic E-state index is 13.9. The van der Waals surface area contributed by atoms with Crippen LogP contribution in [0.3, 0.4) is 0 Å². The maximum Gasteiger partial charge on any atom is 0.270 e. The van der Waals surface area contributed by atoms with Crippen molar-refractivity contribution < 1.29 is 22.7 Å². The highest BCUT2D eigenvalue weighted by molar-refractivity contribution is 7.97. The summed E-state index contributed by atoms with van der Waals surface area (Å²) in [6.45, 7) is 1.77. The lowest BCUT2D eigenvalue weighted by atomic mass is 9.95. The first kappa shape index (κ1) is 23.2. The fraction of sp³-hybridized carbons (Fsp3) is 0.400. The summed E-state index contributed by atoms with van der Waals surface area (Å²) < 4.78 is 39.9. The standard InChI is InChI=1S/C25H30N2O5S/c1-17-20-14-22(31-2)23(32-3)15-21(20)27(16-18-10-6-4-7-11-18)33(29,30)24(17)25(28)26-19-12-8-5-9-13-19/h4,6-7,10-11,14-15,19H,5,8-9,12-13,16H2,1-3H3,(H,26,28). The van der Waals surface area contributed by atoms with Crippen LogP contribution in [0.4, 0.5) is 5.69 Å². The van der Waals surface area contributed by atoms with Crippen LogP contribution >= 0.6 is 0 Å². The zero-order valence-electron chi connectivity index (χ0n) is 19.3. The van der Waals surface area contributed by atoms with Crippen LogP contribution in [0.5, 0.6) is 11.5 Å². The van der Waals surface area contributed by atoms with Crippen LogP contribution in [0.25, 0.3) is 5.57 Å². The largest absolute Gasteiger partial charge is 0.493 e. The van der Waals surface area contributed by atoms with Crippen LogP contribution in [0.15, 0.2) is 47.4 Å². The summed E-state index contributed by atoms with van der Waals surface area (Å²) in [5.41, 5.74) is 2.31. The van der Waals surface area contributed by atoms with E-state index in [1.54, 1.807) is 19.1 Å². The fourth-order valence-electron chi connectivity index (χ4n) is 4.64. The van der Waals surface area contributed by atoms with Crippen LogP contribution in [0.1, 0.15) is 50.2 Å². The van der Waals surface area contributed by atoms with Gasteiger partial charge in [0.25, 0.3) is 15.9 Å². The Hall–Kier alpha value is -3.00. The third-order valence-electron chi connectivity index (χ3n) is 6.38. The van der Waals surface area contributed by atoms with E-state index in [2.05, 4.69) is 5.32 Å². The zero-order chi connectivity index (χ0) is 23.6. The Bertz CT molecular complexity index is 1170. The van der Waals surface area contributed by atoms with E-state index in [-0.39, 0.29) is 17.5 Å². The molecule has 2 aliphatic rings. The molecular weight excluding hydrogens is 440 g/mol. The Labute approximate surface area is 195 Å². The topological polar surface area (TPSA) is 84.9 Å². The van der Waals surface area contributed by atoms with Gasteiger partial charge in [-0.05, 0) is 37.0 Å². The Kier molecular flexibility index (Phi) is 6.65. The van der Waals surface area contributed by atoms with Crippen molar-refractivity contribution in [2.45, 2.75) is 51.6 Å². The second-order valence-corrected chi connectivity index (χ2v) is 10.3. The number of anilines is 1. The monoisotopic (exact) mass is 470 g/mol. The summed E-state index contributed by atoms with van der Waals surface area (Å²) in [7, 11) is -1.08. The van der Waals surface area contributed by atoms with E-state index >= 15 is 0 Å². The van der Waals surface area contributed by atoms with Crippen LogP contribution in [0, 0.1) is 0 Å². The van der Waals surface area contributed by atoms with Crippen LogP contribution in [0.2, 0.25) is 0 Å². The molecule has 0 atom stereocenters. The van der Waals surface area contributed by atoms with E-state index in [1.807, 2.05) is 30.3 Å². The maximum absolute atomic E-state index is 13.9. The number of nitrogens with zero attached hydrogens (tertiary/aromatic N) is 1. The van der Waals surface area contributed by atoms with Crippen LogP contribution < -0.4 is 19.1 Å². The number of ether oxygens (including phenoxy) is 2. The first-order valence-electron chi connectivity index (χ1n) is 11.2. The number of hydrogen-bond donors (Lipinski definition) is 1. The van der Waals surface area contributed by atoms with Crippen molar-refractivity contribution in [3.63, 3.8) is 0 Å². The van der Waals surface area contributed by atoms with Crippen molar-refractivity contribution in [3.8, 4) is 11.5 Å². The number of carbonyl (C=O) groups excluding carboxylic acids is 1. The van der Waals surface area contributed by atoms with Crippen molar-refractivity contribution in [2.75, 3.05) is 18.5 Å². The summed E-state index contributed by atoms with van der Waals surface area (Å²) in [5, 5.41) is 2.98. The molecule has 1 heterocycles. The predicted octanol–water partition coefficient (Wildman–Crippen LogP) is 4.23. The van der Waals surface area contributed by atoms with Gasteiger partial charge < -0.3 is 14.8 Å². The molecule has 0 radical (unpaired) electrons. The normalized spacial score (nSPS) is 18.0. The summed E-state index contributed by atoms with van der Waals surface area (Å²) in [6.07, 6.45) is 4.96. The number of fused-ring (bicyclic) bond motifs is 1. The number of sulfonamides is 1.